The van der Waals surface area contributed by atoms with E-state index in [1.54, 1.807) is 0 Å². The molecule has 2 aromatic heterocycles. The van der Waals surface area contributed by atoms with Crippen molar-refractivity contribution in [2.24, 2.45) is 17.8 Å². The number of hydrogen-bond donors (Lipinski definition) is 5. The van der Waals surface area contributed by atoms with E-state index in [4.69, 9.17) is 19.9 Å². The van der Waals surface area contributed by atoms with Gasteiger partial charge in [0.25, 0.3) is 0 Å². The van der Waals surface area contributed by atoms with Crippen molar-refractivity contribution in [3.8, 4) is 0 Å². The second-order valence-electron chi connectivity index (χ2n) is 16.9. The molecule has 0 bridgehead atoms. The molecule has 0 radical (unpaired) electrons. The number of imidazole rings is 1. The van der Waals surface area contributed by atoms with E-state index >= 15 is 4.39 Å². The van der Waals surface area contributed by atoms with Crippen molar-refractivity contribution in [2.75, 3.05) is 20.2 Å². The third-order valence-corrected chi connectivity index (χ3v) is 12.1. The molecule has 1 aromatic carbocycles. The molecule has 0 spiro atoms. The van der Waals surface area contributed by atoms with Crippen LogP contribution in [0.15, 0.2) is 42.4 Å². The van der Waals surface area contributed by atoms with Crippen molar-refractivity contribution in [1.29, 1.82) is 5.41 Å². The first-order valence-electron chi connectivity index (χ1n) is 20.3. The molecule has 5 aliphatic rings. The summed E-state index contributed by atoms with van der Waals surface area (Å²) in [7, 11) is 1.29. The van der Waals surface area contributed by atoms with Crippen LogP contribution in [0.2, 0.25) is 0 Å². The van der Waals surface area contributed by atoms with Crippen molar-refractivity contribution >= 4 is 45.5 Å². The number of amides is 1. The number of allylic oxidation sites excluding steroid dienone is 3. The number of alkyl carbamates (subject to hydrolysis) is 1. The van der Waals surface area contributed by atoms with Crippen LogP contribution in [0.25, 0.3) is 27.7 Å². The Labute approximate surface area is 332 Å². The van der Waals surface area contributed by atoms with Gasteiger partial charge in [-0.25, -0.2) is 19.1 Å². The number of nitrogens with zero attached hydrogens (tertiary/aromatic N) is 5. The lowest BCUT2D eigenvalue weighted by Gasteiger charge is -2.28. The van der Waals surface area contributed by atoms with Crippen molar-refractivity contribution < 1.29 is 18.7 Å². The molecule has 57 heavy (non-hydrogen) atoms. The van der Waals surface area contributed by atoms with E-state index in [-0.39, 0.29) is 42.6 Å². The Hall–Kier alpha value is -5.56. The number of aromatic amines is 1. The zero-order valence-electron chi connectivity index (χ0n) is 33.6. The van der Waals surface area contributed by atoms with Gasteiger partial charge in [-0.3, -0.25) is 5.41 Å². The highest BCUT2D eigenvalue weighted by Crippen LogP contribution is 2.43. The van der Waals surface area contributed by atoms with Gasteiger partial charge >= 0.3 is 11.9 Å². The fraction of sp³-hybridized carbons (Fsp3) is 0.524. The molecule has 15 heteroatoms. The van der Waals surface area contributed by atoms with Crippen LogP contribution in [0.5, 0.6) is 0 Å². The number of likely N-dealkylation sites (tertiary alicyclic amines) is 2. The molecule has 14 nitrogen and oxygen atoms in total. The number of nitrogens with one attached hydrogen (secondary N) is 5. The summed E-state index contributed by atoms with van der Waals surface area (Å²) in [4.78, 5) is 40.3. The van der Waals surface area contributed by atoms with Crippen molar-refractivity contribution in [3.63, 3.8) is 0 Å². The van der Waals surface area contributed by atoms with Crippen LogP contribution >= 0.6 is 0 Å². The molecule has 8 rings (SSSR count). The van der Waals surface area contributed by atoms with E-state index < -0.39 is 12.1 Å². The monoisotopic (exact) mass is 781 g/mol. The lowest BCUT2D eigenvalue weighted by atomic mass is 9.92. The van der Waals surface area contributed by atoms with Gasteiger partial charge in [0.05, 0.1) is 59.2 Å². The zero-order chi connectivity index (χ0) is 40.1. The van der Waals surface area contributed by atoms with Gasteiger partial charge in [-0.1, -0.05) is 40.7 Å². The minimum absolute atomic E-state index is 0.0549. The van der Waals surface area contributed by atoms with Crippen LogP contribution in [-0.4, -0.2) is 80.5 Å². The van der Waals surface area contributed by atoms with Gasteiger partial charge in [0.15, 0.2) is 18.6 Å². The summed E-state index contributed by atoms with van der Waals surface area (Å²) in [5, 5.41) is 19.1. The normalized spacial score (nSPS) is 23.4. The molecule has 5 unspecified atom stereocenters. The smallest absolute Gasteiger partial charge is 0.426 e. The number of hydrogen-bond acceptors (Lipinski definition) is 8. The number of halogens is 1. The van der Waals surface area contributed by atoms with Crippen LogP contribution in [0.1, 0.15) is 102 Å². The lowest BCUT2D eigenvalue weighted by Crippen LogP contribution is -2.58. The Balaban J connectivity index is 0.998. The number of nitroso groups, excluding NO2 is 1. The Kier molecular flexibility index (Phi) is 10.4. The SMILES string of the molecule is COC(=O)NC(C(=[N+]=O)N1CCCC1C1NC=C(c2ccc3c(c2)c(F)c2n3COC3=C2CCC(c2cnc(C4CC(C)CN4C(=N)CC(C)C)[nH]2)=C3)N1)C(C)C. The van der Waals surface area contributed by atoms with Crippen LogP contribution < -0.4 is 20.8 Å². The van der Waals surface area contributed by atoms with Crippen molar-refractivity contribution in [1.82, 2.24) is 45.1 Å². The molecule has 0 saturated carbocycles. The summed E-state index contributed by atoms with van der Waals surface area (Å²) in [5.41, 5.74) is 5.85. The first-order valence-corrected chi connectivity index (χ1v) is 20.3. The van der Waals surface area contributed by atoms with Gasteiger partial charge in [-0.15, -0.1) is 0 Å². The first-order chi connectivity index (χ1) is 27.4. The second kappa shape index (κ2) is 15.4. The maximum absolute atomic E-state index is 16.6. The summed E-state index contributed by atoms with van der Waals surface area (Å²) in [5.74, 6) is 3.07. The largest absolute Gasteiger partial charge is 0.472 e. The van der Waals surface area contributed by atoms with E-state index in [0.717, 1.165) is 71.7 Å². The number of aromatic nitrogens is 3. The number of carbonyl (C=O) groups excluding carboxylic acids is 1. The molecule has 4 aliphatic heterocycles. The number of carbonyl (C=O) groups is 1. The van der Waals surface area contributed by atoms with Gasteiger partial charge in [-0.05, 0) is 79.2 Å². The average molecular weight is 782 g/mol. The summed E-state index contributed by atoms with van der Waals surface area (Å²) in [6.45, 7) is 12.1. The number of amidine groups is 2. The van der Waals surface area contributed by atoms with E-state index in [0.29, 0.717) is 53.9 Å². The Morgan fingerprint density at radius 3 is 2.79 bits per heavy atom. The van der Waals surface area contributed by atoms with Crippen LogP contribution in [0.4, 0.5) is 9.18 Å². The predicted molar refractivity (Wildman–Crippen MR) is 219 cm³/mol. The van der Waals surface area contributed by atoms with Crippen LogP contribution in [-0.2, 0) is 16.2 Å². The molecule has 2 saturated heterocycles. The molecule has 5 N–H and O–H groups in total. The van der Waals surface area contributed by atoms with Crippen LogP contribution in [0.3, 0.4) is 0 Å². The lowest BCUT2D eigenvalue weighted by molar-refractivity contribution is 0.148. The van der Waals surface area contributed by atoms with Crippen LogP contribution in [0, 0.1) is 33.9 Å². The standard InChI is InChI=1S/C42H53FN10O4/c1-22(2)14-35(44)52-20-24(5)15-33(52)40-46-19-30(48-40)26-9-11-27-34(17-26)57-21-53-31-12-10-25(16-28(31)36(43)38(27)53)29-18-45-39(47-29)32-8-7-13-51(32)41(50-55)37(23(3)4)49-42(54)56-6/h10,12,16-19,22-24,32-33,37,39,44H,7-9,11,13-15,20-21H2,1-6H3,(H3,46,48,49,54,55)/p+1. The minimum Gasteiger partial charge on any atom is -0.472 e. The molecule has 1 amide bonds. The second-order valence-corrected chi connectivity index (χ2v) is 16.9. The number of rotatable bonds is 9. The average Bonchev–Trinajstić information content (AvgIpc) is 4.05. The van der Waals surface area contributed by atoms with E-state index in [9.17, 15) is 9.70 Å². The maximum Gasteiger partial charge on any atom is 0.426 e. The topological polar surface area (TPSA) is 167 Å². The Morgan fingerprint density at radius 1 is 1.21 bits per heavy atom. The number of H-pyrrole nitrogens is 1. The van der Waals surface area contributed by atoms with Gasteiger partial charge in [-0.2, -0.15) is 0 Å². The Bertz CT molecular complexity index is 2230. The zero-order valence-corrected chi connectivity index (χ0v) is 33.6. The van der Waals surface area contributed by atoms with E-state index in [1.807, 2.05) is 60.0 Å². The van der Waals surface area contributed by atoms with Gasteiger partial charge in [0, 0.05) is 35.0 Å². The molecule has 2 fully saturated rings. The molecular weight excluding hydrogens is 728 g/mol. The summed E-state index contributed by atoms with van der Waals surface area (Å²) in [6.07, 6.45) is 9.67. The van der Waals surface area contributed by atoms with Gasteiger partial charge < -0.3 is 39.9 Å². The first kappa shape index (κ1) is 38.3. The molecular formula is C42H54FN10O4+. The van der Waals surface area contributed by atoms with E-state index in [2.05, 4.69) is 51.5 Å². The molecule has 6 heterocycles. The molecule has 5 atom stereocenters. The molecule has 3 aromatic rings. The highest BCUT2D eigenvalue weighted by Gasteiger charge is 2.47. The highest BCUT2D eigenvalue weighted by molar-refractivity contribution is 5.92. The minimum atomic E-state index is -0.616. The highest BCUT2D eigenvalue weighted by atomic mass is 19.1. The fourth-order valence-corrected chi connectivity index (χ4v) is 9.32. The molecule has 302 valence electrons. The number of benzene rings is 1. The van der Waals surface area contributed by atoms with Gasteiger partial charge in [0.2, 0.25) is 0 Å². The third-order valence-electron chi connectivity index (χ3n) is 12.1. The number of methoxy groups -OCH3 is 1. The van der Waals surface area contributed by atoms with Crippen molar-refractivity contribution in [2.45, 2.75) is 104 Å². The fourth-order valence-electron chi connectivity index (χ4n) is 9.32. The summed E-state index contributed by atoms with van der Waals surface area (Å²) < 4.78 is 29.7. The predicted octanol–water partition coefficient (Wildman–Crippen LogP) is 6.38. The summed E-state index contributed by atoms with van der Waals surface area (Å²) in [6, 6.07) is 5.16. The molecule has 1 aliphatic carbocycles. The third kappa shape index (κ3) is 7.06. The van der Waals surface area contributed by atoms with E-state index in [1.165, 1.54) is 7.11 Å². The number of ether oxygens (including phenoxy) is 2. The quantitative estimate of drug-likeness (QED) is 0.0941. The summed E-state index contributed by atoms with van der Waals surface area (Å²) >= 11 is 0. The Morgan fingerprint density at radius 2 is 2.04 bits per heavy atom. The number of fused-ring (bicyclic) bond motifs is 4. The van der Waals surface area contributed by atoms with Gasteiger partial charge in [0.1, 0.15) is 23.8 Å². The maximum atomic E-state index is 16.6. The van der Waals surface area contributed by atoms with Crippen molar-refractivity contribution in [3.05, 3.63) is 75.9 Å².